The van der Waals surface area contributed by atoms with Gasteiger partial charge in [-0.05, 0) is 121 Å². The van der Waals surface area contributed by atoms with Crippen LogP contribution in [0.15, 0.2) is 146 Å². The number of hydrogen-bond acceptors (Lipinski definition) is 10. The van der Waals surface area contributed by atoms with Crippen LogP contribution in [0.3, 0.4) is 0 Å². The number of halogens is 3. The Bertz CT molecular complexity index is 3330. The second-order valence-corrected chi connectivity index (χ2v) is 17.6. The first-order chi connectivity index (χ1) is 34.3. The summed E-state index contributed by atoms with van der Waals surface area (Å²) in [7, 11) is 0. The molecule has 2 fully saturated rings. The van der Waals surface area contributed by atoms with Gasteiger partial charge in [-0.15, -0.1) is 0 Å². The fourth-order valence-corrected chi connectivity index (χ4v) is 8.15. The third kappa shape index (κ3) is 11.8. The first-order valence-corrected chi connectivity index (χ1v) is 22.7. The molecule has 8 aromatic rings. The van der Waals surface area contributed by atoms with Crippen molar-refractivity contribution in [2.24, 2.45) is 10.8 Å². The van der Waals surface area contributed by atoms with Crippen molar-refractivity contribution in [1.82, 2.24) is 19.9 Å². The van der Waals surface area contributed by atoms with E-state index in [9.17, 15) is 33.1 Å². The van der Waals surface area contributed by atoms with E-state index in [2.05, 4.69) is 29.6 Å². The van der Waals surface area contributed by atoms with E-state index in [0.717, 1.165) is 27.6 Å². The van der Waals surface area contributed by atoms with Gasteiger partial charge >= 0.3 is 0 Å². The molecular weight excluding hydrogens is 926 g/mol. The van der Waals surface area contributed by atoms with Gasteiger partial charge in [0.25, 0.3) is 0 Å². The summed E-state index contributed by atoms with van der Waals surface area (Å²) < 4.78 is 32.0. The summed E-state index contributed by atoms with van der Waals surface area (Å²) in [6, 6.07) is 35.4. The molecule has 2 saturated carbocycles. The molecule has 0 radical (unpaired) electrons. The Morgan fingerprint density at radius 3 is 1.34 bits per heavy atom. The number of carbonyl (C=O) groups is 4. The molecule has 2 heterocycles. The van der Waals surface area contributed by atoms with Gasteiger partial charge in [0.15, 0.2) is 34.5 Å². The van der Waals surface area contributed by atoms with Gasteiger partial charge in [0.1, 0.15) is 40.9 Å². The van der Waals surface area contributed by atoms with Crippen LogP contribution in [0.25, 0.3) is 31.5 Å². The molecule has 0 saturated heterocycles. The molecule has 2 aromatic heterocycles. The maximum Gasteiger partial charge on any atom is 0.228 e. The fourth-order valence-electron chi connectivity index (χ4n) is 7.95. The van der Waals surface area contributed by atoms with Gasteiger partial charge in [-0.25, -0.2) is 38.4 Å². The van der Waals surface area contributed by atoms with E-state index in [0.29, 0.717) is 70.3 Å². The van der Waals surface area contributed by atoms with Gasteiger partial charge < -0.3 is 9.84 Å². The van der Waals surface area contributed by atoms with Gasteiger partial charge in [0.05, 0.1) is 40.4 Å². The highest BCUT2D eigenvalue weighted by Crippen LogP contribution is 2.50. The number of hydrogen-bond donors (Lipinski definition) is 1. The third-order valence-electron chi connectivity index (χ3n) is 12.4. The smallest absolute Gasteiger partial charge is 0.228 e. The van der Waals surface area contributed by atoms with Crippen LogP contribution < -0.4 is 4.74 Å². The van der Waals surface area contributed by atoms with Crippen LogP contribution in [0, 0.1) is 35.6 Å². The summed E-state index contributed by atoms with van der Waals surface area (Å²) in [5, 5.41) is 11.0. The van der Waals surface area contributed by atoms with Gasteiger partial charge in [0.2, 0.25) is 5.88 Å². The fraction of sp³-hybridized carbons (Fsp3) is 0.179. The third-order valence-corrected chi connectivity index (χ3v) is 12.7. The van der Waals surface area contributed by atoms with Crippen molar-refractivity contribution < 1.29 is 37.8 Å². The standard InChI is InChI=1S/C28H20FN3O3.C19H17FO3.C9H4ClN3/c1-30-21-8-11-24-23(16-21)27(32-17-31-24)35-22-9-4-19(5-10-22)15-26(34)28(12-13-28)25(33)14-18-2-6-20(29)7-3-18;20-15-5-1-13(2-6-15)11-17(22)19(9-10-19)18(23)12-14-3-7-16(21)8-4-14;1-11-6-2-3-8-7(4-6)9(10)13-5-12-8/h2-11,16-17H,12-15H2;1-8,21H,9-12H2;2-5H. The SMILES string of the molecule is O=C(Cc1ccc(O)cc1)C1(C(=O)Cc2ccc(F)cc2)CC1.[C-]#[N+]c1ccc2ncnc(Cl)c2c1.[C-]#[N+]c1ccc2ncnc(Oc3ccc(CC(=O)C4(C(=O)Cc5ccc(F)cc5)CC4)cc3)c2c1. The van der Waals surface area contributed by atoms with Crippen molar-refractivity contribution >= 4 is 67.9 Å². The van der Waals surface area contributed by atoms with Gasteiger partial charge in [-0.3, -0.25) is 19.2 Å². The minimum Gasteiger partial charge on any atom is -0.508 e. The van der Waals surface area contributed by atoms with Crippen LogP contribution in [0.1, 0.15) is 47.9 Å². The highest BCUT2D eigenvalue weighted by atomic mass is 35.5. The summed E-state index contributed by atoms with van der Waals surface area (Å²) in [5.41, 5.74) is 3.64. The molecule has 0 atom stereocenters. The molecule has 0 aliphatic heterocycles. The van der Waals surface area contributed by atoms with E-state index >= 15 is 0 Å². The molecule has 71 heavy (non-hydrogen) atoms. The molecule has 1 N–H and O–H groups in total. The number of Topliss-reactive ketones (excluding diaryl/α,β-unsaturated/α-hetero) is 4. The molecule has 15 heteroatoms. The number of fused-ring (bicyclic) bond motifs is 2. The van der Waals surface area contributed by atoms with E-state index in [1.807, 2.05) is 0 Å². The Kier molecular flexibility index (Phi) is 14.7. The van der Waals surface area contributed by atoms with Crippen molar-refractivity contribution in [2.75, 3.05) is 0 Å². The van der Waals surface area contributed by atoms with Crippen LogP contribution in [-0.2, 0) is 44.9 Å². The molecule has 0 amide bonds. The lowest BCUT2D eigenvalue weighted by Crippen LogP contribution is -2.28. The predicted octanol–water partition coefficient (Wildman–Crippen LogP) is 11.9. The normalized spacial score (nSPS) is 13.5. The molecule has 10 rings (SSSR count). The van der Waals surface area contributed by atoms with Crippen LogP contribution in [-0.4, -0.2) is 48.2 Å². The number of ketones is 4. The highest BCUT2D eigenvalue weighted by Gasteiger charge is 2.55. The van der Waals surface area contributed by atoms with Gasteiger partial charge in [0, 0.05) is 31.1 Å². The maximum absolute atomic E-state index is 13.1. The first-order valence-electron chi connectivity index (χ1n) is 22.3. The topological polar surface area (TPSA) is 158 Å². The number of aromatic nitrogens is 4. The van der Waals surface area contributed by atoms with Gasteiger partial charge in [-0.1, -0.05) is 72.3 Å². The minimum absolute atomic E-state index is 0.0738. The molecule has 12 nitrogen and oxygen atoms in total. The summed E-state index contributed by atoms with van der Waals surface area (Å²) in [6.45, 7) is 14.0. The average Bonchev–Trinajstić information content (AvgIpc) is 4.33. The Balaban J connectivity index is 0.000000160. The molecule has 0 unspecified atom stereocenters. The second kappa shape index (κ2) is 21.4. The second-order valence-electron chi connectivity index (χ2n) is 17.2. The van der Waals surface area contributed by atoms with E-state index in [1.165, 1.54) is 49.1 Å². The summed E-state index contributed by atoms with van der Waals surface area (Å²) >= 11 is 5.83. The molecule has 0 spiro atoms. The Hall–Kier alpha value is -8.59. The zero-order valence-corrected chi connectivity index (χ0v) is 38.6. The van der Waals surface area contributed by atoms with Crippen LogP contribution in [0.5, 0.6) is 17.4 Å². The number of benzene rings is 6. The van der Waals surface area contributed by atoms with Crippen LogP contribution in [0.4, 0.5) is 20.2 Å². The number of ether oxygens (including phenoxy) is 1. The highest BCUT2D eigenvalue weighted by molar-refractivity contribution is 6.34. The number of carbonyl (C=O) groups excluding carboxylic acids is 4. The zero-order valence-electron chi connectivity index (χ0n) is 37.8. The molecular formula is C56H41ClF2N6O6. The quantitative estimate of drug-likeness (QED) is 0.0631. The number of phenols is 1. The maximum atomic E-state index is 13.1. The predicted molar refractivity (Wildman–Crippen MR) is 262 cm³/mol. The summed E-state index contributed by atoms with van der Waals surface area (Å²) in [4.78, 5) is 73.9. The Morgan fingerprint density at radius 2 is 0.915 bits per heavy atom. The summed E-state index contributed by atoms with van der Waals surface area (Å²) in [5.74, 6) is -0.0404. The lowest BCUT2D eigenvalue weighted by molar-refractivity contribution is -0.135. The van der Waals surface area contributed by atoms with Gasteiger partial charge in [-0.2, -0.15) is 0 Å². The van der Waals surface area contributed by atoms with E-state index in [4.69, 9.17) is 29.5 Å². The molecule has 0 bridgehead atoms. The number of aromatic hydroxyl groups is 1. The van der Waals surface area contributed by atoms with Crippen molar-refractivity contribution in [1.29, 1.82) is 0 Å². The average molecular weight is 967 g/mol. The lowest BCUT2D eigenvalue weighted by atomic mass is 9.88. The Labute approximate surface area is 411 Å². The van der Waals surface area contributed by atoms with E-state index in [-0.39, 0.29) is 66.2 Å². The Morgan fingerprint density at radius 1 is 0.535 bits per heavy atom. The molecule has 6 aromatic carbocycles. The zero-order chi connectivity index (χ0) is 50.1. The molecule has 352 valence electrons. The van der Waals surface area contributed by atoms with Crippen molar-refractivity contribution in [3.63, 3.8) is 0 Å². The van der Waals surface area contributed by atoms with E-state index < -0.39 is 10.8 Å². The van der Waals surface area contributed by atoms with Crippen LogP contribution >= 0.6 is 11.6 Å². The summed E-state index contributed by atoms with van der Waals surface area (Å²) in [6.07, 6.45) is 5.72. The number of phenolic OH excluding ortho intramolecular Hbond substituents is 1. The van der Waals surface area contributed by atoms with E-state index in [1.54, 1.807) is 97.1 Å². The minimum atomic E-state index is -0.927. The molecule has 2 aliphatic rings. The molecule has 2 aliphatic carbocycles. The first kappa shape index (κ1) is 48.9. The monoisotopic (exact) mass is 966 g/mol. The number of nitrogens with zero attached hydrogens (tertiary/aromatic N) is 6. The van der Waals surface area contributed by atoms with Crippen molar-refractivity contribution in [3.05, 3.63) is 208 Å². The lowest BCUT2D eigenvalue weighted by Gasteiger charge is -2.13. The van der Waals surface area contributed by atoms with Crippen molar-refractivity contribution in [2.45, 2.75) is 51.4 Å². The number of rotatable bonds is 14. The van der Waals surface area contributed by atoms with Crippen LogP contribution in [0.2, 0.25) is 5.15 Å². The van der Waals surface area contributed by atoms with Crippen molar-refractivity contribution in [3.8, 4) is 17.4 Å². The largest absolute Gasteiger partial charge is 0.508 e.